The van der Waals surface area contributed by atoms with Crippen LogP contribution in [0, 0.1) is 0 Å². The van der Waals surface area contributed by atoms with Crippen molar-refractivity contribution in [3.63, 3.8) is 0 Å². The minimum Gasteiger partial charge on any atom is -0.496 e. The van der Waals surface area contributed by atoms with Crippen molar-refractivity contribution in [2.75, 3.05) is 13.7 Å². The van der Waals surface area contributed by atoms with Gasteiger partial charge in [-0.3, -0.25) is 9.59 Å². The maximum absolute atomic E-state index is 11.9. The van der Waals surface area contributed by atoms with Crippen molar-refractivity contribution in [2.45, 2.75) is 6.61 Å². The Morgan fingerprint density at radius 1 is 1.21 bits per heavy atom. The van der Waals surface area contributed by atoms with Gasteiger partial charge >= 0.3 is 5.97 Å². The molecule has 0 radical (unpaired) electrons. The van der Waals surface area contributed by atoms with Gasteiger partial charge in [0.05, 0.1) is 7.11 Å². The maximum Gasteiger partial charge on any atom is 0.325 e. The van der Waals surface area contributed by atoms with Crippen LogP contribution in [0.25, 0.3) is 0 Å². The first kappa shape index (κ1) is 18.3. The highest BCUT2D eigenvalue weighted by molar-refractivity contribution is 9.10. The van der Waals surface area contributed by atoms with Crippen LogP contribution < -0.4 is 10.1 Å². The summed E-state index contributed by atoms with van der Waals surface area (Å²) in [6, 6.07) is 11.9. The number of nitrogens with one attached hydrogen (secondary N) is 1. The molecule has 0 aliphatic rings. The van der Waals surface area contributed by atoms with E-state index in [2.05, 4.69) is 21.2 Å². The van der Waals surface area contributed by atoms with Gasteiger partial charge in [-0.25, -0.2) is 0 Å². The second-order valence-electron chi connectivity index (χ2n) is 4.81. The summed E-state index contributed by atoms with van der Waals surface area (Å²) < 4.78 is 11.1. The Morgan fingerprint density at radius 3 is 2.71 bits per heavy atom. The van der Waals surface area contributed by atoms with Crippen LogP contribution in [0.1, 0.15) is 15.9 Å². The Bertz CT molecular complexity index is 751. The summed E-state index contributed by atoms with van der Waals surface area (Å²) in [5.41, 5.74) is 1.10. The molecular weight excluding hydrogens is 398 g/mol. The first-order valence-corrected chi connectivity index (χ1v) is 8.18. The Labute approximate surface area is 153 Å². The molecule has 0 saturated carbocycles. The van der Waals surface area contributed by atoms with Crippen LogP contribution in [-0.2, 0) is 16.1 Å². The second-order valence-corrected chi connectivity index (χ2v) is 6.16. The van der Waals surface area contributed by atoms with E-state index in [-0.39, 0.29) is 19.1 Å². The van der Waals surface area contributed by atoms with E-state index in [0.717, 1.165) is 4.47 Å². The third-order valence-electron chi connectivity index (χ3n) is 3.11. The van der Waals surface area contributed by atoms with Gasteiger partial charge in [-0.05, 0) is 36.4 Å². The number of methoxy groups -OCH3 is 1. The zero-order valence-electron chi connectivity index (χ0n) is 12.8. The lowest BCUT2D eigenvalue weighted by atomic mass is 10.2. The number of hydrogen-bond donors (Lipinski definition) is 1. The van der Waals surface area contributed by atoms with Gasteiger partial charge in [0, 0.05) is 20.6 Å². The average molecular weight is 413 g/mol. The smallest absolute Gasteiger partial charge is 0.325 e. The third-order valence-corrected chi connectivity index (χ3v) is 3.84. The highest BCUT2D eigenvalue weighted by Gasteiger charge is 2.11. The molecular formula is C17H15BrClNO4. The van der Waals surface area contributed by atoms with Gasteiger partial charge < -0.3 is 14.8 Å². The van der Waals surface area contributed by atoms with Crippen molar-refractivity contribution < 1.29 is 19.1 Å². The molecule has 0 aliphatic carbocycles. The molecule has 24 heavy (non-hydrogen) atoms. The number of hydrogen-bond acceptors (Lipinski definition) is 4. The highest BCUT2D eigenvalue weighted by Crippen LogP contribution is 2.23. The average Bonchev–Trinajstić information content (AvgIpc) is 2.58. The molecule has 0 saturated heterocycles. The van der Waals surface area contributed by atoms with Gasteiger partial charge in [0.2, 0.25) is 0 Å². The monoisotopic (exact) mass is 411 g/mol. The Balaban J connectivity index is 1.86. The fourth-order valence-corrected chi connectivity index (χ4v) is 2.55. The van der Waals surface area contributed by atoms with Crippen molar-refractivity contribution in [2.24, 2.45) is 0 Å². The number of rotatable bonds is 6. The molecule has 1 N–H and O–H groups in total. The number of benzene rings is 2. The van der Waals surface area contributed by atoms with Gasteiger partial charge in [-0.2, -0.15) is 0 Å². The Kier molecular flexibility index (Phi) is 6.63. The molecule has 0 bridgehead atoms. The lowest BCUT2D eigenvalue weighted by molar-refractivity contribution is -0.143. The maximum atomic E-state index is 11.9. The molecule has 2 rings (SSSR count). The quantitative estimate of drug-likeness (QED) is 0.737. The SMILES string of the molecule is COc1ccc(Cl)cc1COC(=O)CNC(=O)c1cccc(Br)c1. The molecule has 5 nitrogen and oxygen atoms in total. The largest absolute Gasteiger partial charge is 0.496 e. The minimum atomic E-state index is -0.555. The summed E-state index contributed by atoms with van der Waals surface area (Å²) in [6.45, 7) is -0.219. The zero-order valence-corrected chi connectivity index (χ0v) is 15.2. The normalized spacial score (nSPS) is 10.1. The zero-order chi connectivity index (χ0) is 17.5. The molecule has 0 spiro atoms. The van der Waals surface area contributed by atoms with E-state index < -0.39 is 5.97 Å². The Morgan fingerprint density at radius 2 is 2.00 bits per heavy atom. The molecule has 126 valence electrons. The van der Waals surface area contributed by atoms with Crippen molar-refractivity contribution in [1.29, 1.82) is 0 Å². The van der Waals surface area contributed by atoms with Crippen LogP contribution in [0.3, 0.4) is 0 Å². The number of carbonyl (C=O) groups is 2. The van der Waals surface area contributed by atoms with Crippen molar-refractivity contribution >= 4 is 39.4 Å². The predicted molar refractivity (Wildman–Crippen MR) is 94.3 cm³/mol. The molecule has 1 amide bonds. The number of esters is 1. The lowest BCUT2D eigenvalue weighted by Gasteiger charge is -2.10. The molecule has 0 atom stereocenters. The summed E-state index contributed by atoms with van der Waals surface area (Å²) in [7, 11) is 1.52. The van der Waals surface area contributed by atoms with Crippen molar-refractivity contribution in [3.05, 3.63) is 63.1 Å². The number of ether oxygens (including phenoxy) is 2. The molecule has 0 fully saturated rings. The molecule has 0 unspecified atom stereocenters. The summed E-state index contributed by atoms with van der Waals surface area (Å²) >= 11 is 9.20. The number of amides is 1. The minimum absolute atomic E-state index is 0.00925. The van der Waals surface area contributed by atoms with Crippen LogP contribution in [0.5, 0.6) is 5.75 Å². The summed E-state index contributed by atoms with van der Waals surface area (Å²) in [4.78, 5) is 23.7. The summed E-state index contributed by atoms with van der Waals surface area (Å²) in [6.07, 6.45) is 0. The molecule has 0 aliphatic heterocycles. The standard InChI is InChI=1S/C17H15BrClNO4/c1-23-15-6-5-14(19)8-12(15)10-24-16(21)9-20-17(22)11-3-2-4-13(18)7-11/h2-8H,9-10H2,1H3,(H,20,22). The molecule has 2 aromatic carbocycles. The van der Waals surface area contributed by atoms with E-state index in [4.69, 9.17) is 21.1 Å². The van der Waals surface area contributed by atoms with Gasteiger partial charge in [-0.1, -0.05) is 33.6 Å². The van der Waals surface area contributed by atoms with Gasteiger partial charge in [0.1, 0.15) is 18.9 Å². The van der Waals surface area contributed by atoms with Crippen molar-refractivity contribution in [3.8, 4) is 5.75 Å². The fraction of sp³-hybridized carbons (Fsp3) is 0.176. The van der Waals surface area contributed by atoms with E-state index in [0.29, 0.717) is 21.9 Å². The van der Waals surface area contributed by atoms with Crippen LogP contribution in [0.2, 0.25) is 5.02 Å². The van der Waals surface area contributed by atoms with Gasteiger partial charge in [-0.15, -0.1) is 0 Å². The van der Waals surface area contributed by atoms with Crippen LogP contribution in [-0.4, -0.2) is 25.5 Å². The predicted octanol–water partition coefficient (Wildman–Crippen LogP) is 3.58. The summed E-state index contributed by atoms with van der Waals surface area (Å²) in [5, 5.41) is 3.03. The van der Waals surface area contributed by atoms with E-state index >= 15 is 0 Å². The van der Waals surface area contributed by atoms with E-state index in [9.17, 15) is 9.59 Å². The van der Waals surface area contributed by atoms with Crippen LogP contribution >= 0.6 is 27.5 Å². The lowest BCUT2D eigenvalue weighted by Crippen LogP contribution is -2.30. The van der Waals surface area contributed by atoms with E-state index in [1.807, 2.05) is 6.07 Å². The first-order chi connectivity index (χ1) is 11.5. The third kappa shape index (κ3) is 5.25. The van der Waals surface area contributed by atoms with Crippen molar-refractivity contribution in [1.82, 2.24) is 5.32 Å². The van der Waals surface area contributed by atoms with Gasteiger partial charge in [0.25, 0.3) is 5.91 Å². The molecule has 2 aromatic rings. The van der Waals surface area contributed by atoms with Crippen LogP contribution in [0.4, 0.5) is 0 Å². The van der Waals surface area contributed by atoms with Crippen LogP contribution in [0.15, 0.2) is 46.9 Å². The van der Waals surface area contributed by atoms with Gasteiger partial charge in [0.15, 0.2) is 0 Å². The Hall–Kier alpha value is -2.05. The number of halogens is 2. The highest BCUT2D eigenvalue weighted by atomic mass is 79.9. The molecule has 0 aromatic heterocycles. The number of carbonyl (C=O) groups excluding carboxylic acids is 2. The summed E-state index contributed by atoms with van der Waals surface area (Å²) in [5.74, 6) is -0.334. The second kappa shape index (κ2) is 8.70. The fourth-order valence-electron chi connectivity index (χ4n) is 1.95. The molecule has 7 heteroatoms. The van der Waals surface area contributed by atoms with E-state index in [1.54, 1.807) is 36.4 Å². The first-order valence-electron chi connectivity index (χ1n) is 7.01. The molecule has 0 heterocycles. The topological polar surface area (TPSA) is 64.6 Å². The van der Waals surface area contributed by atoms with E-state index in [1.165, 1.54) is 7.11 Å².